The van der Waals surface area contributed by atoms with Gasteiger partial charge in [-0.3, -0.25) is 4.79 Å². The third kappa shape index (κ3) is 5.37. The van der Waals surface area contributed by atoms with Gasteiger partial charge in [-0.15, -0.1) is 10.2 Å². The number of tetrazole rings is 1. The van der Waals surface area contributed by atoms with E-state index in [0.29, 0.717) is 57.1 Å². The maximum atomic E-state index is 12.9. The molecule has 2 heterocycles. The number of hydrogen-bond acceptors (Lipinski definition) is 7. The third-order valence-electron chi connectivity index (χ3n) is 4.89. The van der Waals surface area contributed by atoms with Crippen molar-refractivity contribution in [2.45, 2.75) is 31.1 Å². The fourth-order valence-electron chi connectivity index (χ4n) is 3.24. The number of amides is 1. The van der Waals surface area contributed by atoms with Crippen LogP contribution >= 0.6 is 0 Å². The second-order valence-electron chi connectivity index (χ2n) is 6.78. The molecule has 3 rings (SSSR count). The Kier molecular flexibility index (Phi) is 7.29. The first-order valence-electron chi connectivity index (χ1n) is 9.72. The van der Waals surface area contributed by atoms with Gasteiger partial charge in [0.15, 0.2) is 0 Å². The number of piperidine rings is 1. The number of carbonyl (C=O) groups is 1. The quantitative estimate of drug-likeness (QED) is 0.572. The Morgan fingerprint density at radius 3 is 2.62 bits per heavy atom. The molecular weight excluding hydrogens is 396 g/mol. The molecule has 1 aliphatic rings. The van der Waals surface area contributed by atoms with E-state index in [4.69, 9.17) is 4.74 Å². The lowest BCUT2D eigenvalue weighted by Gasteiger charge is -2.30. The van der Waals surface area contributed by atoms with Crippen LogP contribution in [0.5, 0.6) is 0 Å². The molecule has 1 fully saturated rings. The van der Waals surface area contributed by atoms with Crippen molar-refractivity contribution in [3.05, 3.63) is 24.3 Å². The number of nitrogens with zero attached hydrogens (tertiary/aromatic N) is 4. The molecule has 1 aromatic heterocycles. The molecule has 0 aliphatic carbocycles. The zero-order valence-electron chi connectivity index (χ0n) is 16.4. The summed E-state index contributed by atoms with van der Waals surface area (Å²) < 4.78 is 32.5. The number of nitrogens with one attached hydrogen (secondary N) is 2. The summed E-state index contributed by atoms with van der Waals surface area (Å²) in [6.45, 7) is 4.45. The van der Waals surface area contributed by atoms with Crippen molar-refractivity contribution in [1.82, 2.24) is 30.2 Å². The van der Waals surface area contributed by atoms with Crippen LogP contribution in [0.15, 0.2) is 29.2 Å². The smallest absolute Gasteiger partial charge is 0.243 e. The zero-order chi connectivity index (χ0) is 20.7. The predicted octanol–water partition coefficient (Wildman–Crippen LogP) is 0.810. The molecule has 0 atom stereocenters. The van der Waals surface area contributed by atoms with Gasteiger partial charge >= 0.3 is 0 Å². The van der Waals surface area contributed by atoms with E-state index in [9.17, 15) is 13.2 Å². The Morgan fingerprint density at radius 2 is 2.00 bits per heavy atom. The summed E-state index contributed by atoms with van der Waals surface area (Å²) >= 11 is 0. The van der Waals surface area contributed by atoms with Crippen molar-refractivity contribution < 1.29 is 17.9 Å². The molecule has 2 aromatic rings. The number of sulfonamides is 1. The van der Waals surface area contributed by atoms with E-state index in [-0.39, 0.29) is 16.7 Å². The van der Waals surface area contributed by atoms with Gasteiger partial charge in [0.2, 0.25) is 21.8 Å². The molecule has 11 heteroatoms. The van der Waals surface area contributed by atoms with E-state index in [2.05, 4.69) is 25.9 Å². The molecule has 0 unspecified atom stereocenters. The fraction of sp³-hybridized carbons (Fsp3) is 0.556. The number of rotatable bonds is 9. The van der Waals surface area contributed by atoms with Gasteiger partial charge < -0.3 is 10.1 Å². The van der Waals surface area contributed by atoms with Crippen LogP contribution in [-0.2, 0) is 19.6 Å². The normalized spacial score (nSPS) is 16.0. The predicted molar refractivity (Wildman–Crippen MR) is 105 cm³/mol. The fourth-order valence-corrected chi connectivity index (χ4v) is 4.71. The van der Waals surface area contributed by atoms with Crippen molar-refractivity contribution in [3.63, 3.8) is 0 Å². The molecular formula is C18H26N6O4S. The molecule has 1 saturated heterocycles. The molecule has 0 spiro atoms. The highest BCUT2D eigenvalue weighted by Crippen LogP contribution is 2.25. The minimum absolute atomic E-state index is 0.0111. The number of aromatic amines is 1. The summed E-state index contributed by atoms with van der Waals surface area (Å²) in [5.74, 6) is 0.235. The molecule has 0 saturated carbocycles. The van der Waals surface area contributed by atoms with Crippen molar-refractivity contribution in [2.24, 2.45) is 5.92 Å². The second kappa shape index (κ2) is 9.90. The number of aromatic nitrogens is 4. The molecule has 1 aliphatic heterocycles. The van der Waals surface area contributed by atoms with Gasteiger partial charge in [0, 0.05) is 44.3 Å². The average molecular weight is 423 g/mol. The van der Waals surface area contributed by atoms with Crippen molar-refractivity contribution in [2.75, 3.05) is 32.8 Å². The average Bonchev–Trinajstić information content (AvgIpc) is 3.28. The first kappa shape index (κ1) is 21.3. The zero-order valence-corrected chi connectivity index (χ0v) is 17.2. The number of hydrogen-bond donors (Lipinski definition) is 2. The van der Waals surface area contributed by atoms with Gasteiger partial charge in [-0.25, -0.2) is 8.42 Å². The van der Waals surface area contributed by atoms with E-state index in [0.717, 1.165) is 6.42 Å². The Hall–Kier alpha value is -2.37. The largest absolute Gasteiger partial charge is 0.382 e. The molecule has 0 bridgehead atoms. The highest BCUT2D eigenvalue weighted by molar-refractivity contribution is 7.89. The van der Waals surface area contributed by atoms with Crippen LogP contribution < -0.4 is 5.32 Å². The molecule has 1 amide bonds. The molecule has 0 radical (unpaired) electrons. The summed E-state index contributed by atoms with van der Waals surface area (Å²) in [6, 6.07) is 6.39. The monoisotopic (exact) mass is 422 g/mol. The van der Waals surface area contributed by atoms with Gasteiger partial charge in [-0.05, 0) is 55.7 Å². The minimum atomic E-state index is -3.60. The molecule has 2 N–H and O–H groups in total. The summed E-state index contributed by atoms with van der Waals surface area (Å²) in [5.41, 5.74) is 0.678. The maximum Gasteiger partial charge on any atom is 0.243 e. The molecule has 1 aromatic carbocycles. The molecule has 29 heavy (non-hydrogen) atoms. The van der Waals surface area contributed by atoms with Gasteiger partial charge in [-0.2, -0.15) is 9.52 Å². The summed E-state index contributed by atoms with van der Waals surface area (Å²) in [4.78, 5) is 12.5. The van der Waals surface area contributed by atoms with Crippen LogP contribution in [0.1, 0.15) is 26.2 Å². The second-order valence-corrected chi connectivity index (χ2v) is 8.72. The highest BCUT2D eigenvalue weighted by Gasteiger charge is 2.32. The minimum Gasteiger partial charge on any atom is -0.382 e. The van der Waals surface area contributed by atoms with Gasteiger partial charge in [-0.1, -0.05) is 0 Å². The van der Waals surface area contributed by atoms with Crippen molar-refractivity contribution >= 4 is 15.9 Å². The number of ether oxygens (including phenoxy) is 1. The summed E-state index contributed by atoms with van der Waals surface area (Å²) in [7, 11) is -3.60. The van der Waals surface area contributed by atoms with E-state index in [1.54, 1.807) is 12.1 Å². The number of carbonyl (C=O) groups excluding carboxylic acids is 1. The van der Waals surface area contributed by atoms with Crippen LogP contribution in [0.25, 0.3) is 11.4 Å². The van der Waals surface area contributed by atoms with Gasteiger partial charge in [0.25, 0.3) is 0 Å². The third-order valence-corrected chi connectivity index (χ3v) is 6.80. The van der Waals surface area contributed by atoms with E-state index in [1.807, 2.05) is 6.92 Å². The van der Waals surface area contributed by atoms with E-state index >= 15 is 0 Å². The Bertz CT molecular complexity index is 878. The van der Waals surface area contributed by atoms with Crippen LogP contribution in [-0.4, -0.2) is 72.1 Å². The highest BCUT2D eigenvalue weighted by atomic mass is 32.2. The topological polar surface area (TPSA) is 130 Å². The van der Waals surface area contributed by atoms with Crippen molar-refractivity contribution in [3.8, 4) is 11.4 Å². The van der Waals surface area contributed by atoms with Crippen molar-refractivity contribution in [1.29, 1.82) is 0 Å². The molecule has 158 valence electrons. The summed E-state index contributed by atoms with van der Waals surface area (Å²) in [6.07, 6.45) is 1.79. The molecule has 10 nitrogen and oxygen atoms in total. The van der Waals surface area contributed by atoms with Crippen LogP contribution in [0.2, 0.25) is 0 Å². The first-order valence-corrected chi connectivity index (χ1v) is 11.2. The van der Waals surface area contributed by atoms with Gasteiger partial charge in [0.05, 0.1) is 4.90 Å². The lowest BCUT2D eigenvalue weighted by Crippen LogP contribution is -2.43. The number of H-pyrrole nitrogens is 1. The Balaban J connectivity index is 1.52. The van der Waals surface area contributed by atoms with Crippen LogP contribution in [0, 0.1) is 5.92 Å². The Labute approximate surface area is 170 Å². The first-order chi connectivity index (χ1) is 14.0. The summed E-state index contributed by atoms with van der Waals surface area (Å²) in [5, 5.41) is 16.5. The van der Waals surface area contributed by atoms with Gasteiger partial charge in [0.1, 0.15) is 0 Å². The SMILES string of the molecule is CCOCCCNC(=O)C1CCN(S(=O)(=O)c2ccc(-c3nn[nH]n3)cc2)CC1. The van der Waals surface area contributed by atoms with Crippen LogP contribution in [0.3, 0.4) is 0 Å². The van der Waals surface area contributed by atoms with E-state index in [1.165, 1.54) is 16.4 Å². The number of benzene rings is 1. The van der Waals surface area contributed by atoms with Crippen LogP contribution in [0.4, 0.5) is 0 Å². The maximum absolute atomic E-state index is 12.9. The Morgan fingerprint density at radius 1 is 1.28 bits per heavy atom. The lowest BCUT2D eigenvalue weighted by molar-refractivity contribution is -0.126. The lowest BCUT2D eigenvalue weighted by atomic mass is 9.97. The van der Waals surface area contributed by atoms with E-state index < -0.39 is 10.0 Å². The standard InChI is InChI=1S/C18H26N6O4S/c1-2-28-13-3-10-19-18(25)15-8-11-24(12-9-15)29(26,27)16-6-4-14(5-7-16)17-20-22-23-21-17/h4-7,15H,2-3,8-13H2,1H3,(H,19,25)(H,20,21,22,23).